The number of hydrogen-bond donors (Lipinski definition) is 5. The summed E-state index contributed by atoms with van der Waals surface area (Å²) in [6.07, 6.45) is -2.29. The molecule has 0 aliphatic heterocycles. The van der Waals surface area contributed by atoms with Gasteiger partial charge in [-0.25, -0.2) is 4.79 Å². The van der Waals surface area contributed by atoms with E-state index in [1.165, 1.54) is 0 Å². The van der Waals surface area contributed by atoms with Crippen molar-refractivity contribution < 1.29 is 34.8 Å². The van der Waals surface area contributed by atoms with Crippen LogP contribution in [0.4, 0.5) is 0 Å². The van der Waals surface area contributed by atoms with Gasteiger partial charge in [0.05, 0.1) is 12.8 Å². The van der Waals surface area contributed by atoms with Crippen molar-refractivity contribution in [2.24, 2.45) is 0 Å². The first-order valence-electron chi connectivity index (χ1n) is 4.79. The number of aliphatic carboxylic acids is 3. The third-order valence-corrected chi connectivity index (χ3v) is 1.73. The lowest BCUT2D eigenvalue weighted by Crippen LogP contribution is -2.42. The predicted molar refractivity (Wildman–Crippen MR) is 59.8 cm³/mol. The third kappa shape index (κ3) is 9.51. The van der Waals surface area contributed by atoms with Gasteiger partial charge in [-0.15, -0.1) is 0 Å². The monoisotopic (exact) mass is 266 g/mol. The number of hydrazine groups is 1. The van der Waals surface area contributed by atoms with Crippen LogP contribution >= 0.6 is 0 Å². The molecule has 0 fully saturated rings. The van der Waals surface area contributed by atoms with Crippen molar-refractivity contribution in [3.8, 4) is 0 Å². The first-order chi connectivity index (χ1) is 8.05. The highest BCUT2D eigenvalue weighted by Crippen LogP contribution is 2.15. The quantitative estimate of drug-likeness (QED) is 0.360. The Labute approximate surface area is 104 Å². The number of hydrogen-bond acceptors (Lipinski definition) is 6. The molecule has 0 saturated heterocycles. The Hall–Kier alpha value is -1.71. The van der Waals surface area contributed by atoms with E-state index in [0.717, 1.165) is 0 Å². The molecule has 18 heavy (non-hydrogen) atoms. The fourth-order valence-electron chi connectivity index (χ4n) is 0.714. The lowest BCUT2D eigenvalue weighted by atomic mass is 9.96. The summed E-state index contributed by atoms with van der Waals surface area (Å²) in [5.74, 6) is -5.02. The lowest BCUT2D eigenvalue weighted by molar-refractivity contribution is -0.170. The van der Waals surface area contributed by atoms with Crippen LogP contribution in [-0.4, -0.2) is 70.1 Å². The Morgan fingerprint density at radius 2 is 1.33 bits per heavy atom. The van der Waals surface area contributed by atoms with Crippen molar-refractivity contribution in [2.75, 3.05) is 21.1 Å². The molecule has 9 nitrogen and oxygen atoms in total. The maximum Gasteiger partial charge on any atom is 0.336 e. The SMILES string of the molecule is CNN(C)C.O=C(O)CC(O)(CC(=O)O)C(=O)O. The van der Waals surface area contributed by atoms with Crippen molar-refractivity contribution in [2.45, 2.75) is 18.4 Å². The topological polar surface area (TPSA) is 147 Å². The summed E-state index contributed by atoms with van der Waals surface area (Å²) in [6.45, 7) is 0. The molecule has 0 rings (SSSR count). The van der Waals surface area contributed by atoms with Crippen LogP contribution in [0.1, 0.15) is 12.8 Å². The molecule has 0 aromatic carbocycles. The van der Waals surface area contributed by atoms with Gasteiger partial charge in [0.25, 0.3) is 0 Å². The van der Waals surface area contributed by atoms with Crippen LogP contribution in [0.5, 0.6) is 0 Å². The van der Waals surface area contributed by atoms with Crippen LogP contribution in [0.15, 0.2) is 0 Å². The summed E-state index contributed by atoms with van der Waals surface area (Å²) in [6, 6.07) is 0. The number of aliphatic hydroxyl groups is 1. The van der Waals surface area contributed by atoms with E-state index in [2.05, 4.69) is 5.43 Å². The fourth-order valence-corrected chi connectivity index (χ4v) is 0.714. The summed E-state index contributed by atoms with van der Waals surface area (Å²) >= 11 is 0. The van der Waals surface area contributed by atoms with Gasteiger partial charge in [0.15, 0.2) is 5.60 Å². The molecule has 0 bridgehead atoms. The van der Waals surface area contributed by atoms with E-state index in [1.807, 2.05) is 26.2 Å². The van der Waals surface area contributed by atoms with Gasteiger partial charge in [-0.3, -0.25) is 20.0 Å². The van der Waals surface area contributed by atoms with Gasteiger partial charge < -0.3 is 20.4 Å². The van der Waals surface area contributed by atoms with E-state index in [4.69, 9.17) is 20.4 Å². The first-order valence-corrected chi connectivity index (χ1v) is 4.79. The second kappa shape index (κ2) is 8.39. The van der Waals surface area contributed by atoms with Gasteiger partial charge in [-0.1, -0.05) is 0 Å². The van der Waals surface area contributed by atoms with Crippen molar-refractivity contribution in [3.05, 3.63) is 0 Å². The van der Waals surface area contributed by atoms with Crippen molar-refractivity contribution in [1.29, 1.82) is 0 Å². The molecule has 5 N–H and O–H groups in total. The summed E-state index contributed by atoms with van der Waals surface area (Å²) in [5.41, 5.74) is 0.123. The molecule has 106 valence electrons. The van der Waals surface area contributed by atoms with Crippen LogP contribution in [0.2, 0.25) is 0 Å². The average molecular weight is 266 g/mol. The molecule has 0 radical (unpaired) electrons. The van der Waals surface area contributed by atoms with Crippen molar-refractivity contribution >= 4 is 17.9 Å². The van der Waals surface area contributed by atoms with Gasteiger partial charge in [0, 0.05) is 14.1 Å². The second-order valence-corrected chi connectivity index (χ2v) is 3.60. The summed E-state index contributed by atoms with van der Waals surface area (Å²) in [4.78, 5) is 30.5. The van der Waals surface area contributed by atoms with E-state index < -0.39 is 36.4 Å². The molecule has 9 heteroatoms. The fraction of sp³-hybridized carbons (Fsp3) is 0.667. The van der Waals surface area contributed by atoms with E-state index >= 15 is 0 Å². The molecular weight excluding hydrogens is 248 g/mol. The van der Waals surface area contributed by atoms with Crippen LogP contribution in [0, 0.1) is 0 Å². The maximum atomic E-state index is 10.3. The van der Waals surface area contributed by atoms with Gasteiger partial charge in [-0.2, -0.15) is 0 Å². The molecule has 0 aromatic rings. The number of carboxylic acids is 3. The van der Waals surface area contributed by atoms with E-state index in [0.29, 0.717) is 0 Å². The first kappa shape index (κ1) is 18.6. The van der Waals surface area contributed by atoms with E-state index in [9.17, 15) is 14.4 Å². The Kier molecular flexibility index (Phi) is 8.69. The van der Waals surface area contributed by atoms with E-state index in [-0.39, 0.29) is 0 Å². The zero-order valence-corrected chi connectivity index (χ0v) is 10.4. The smallest absolute Gasteiger partial charge is 0.336 e. The summed E-state index contributed by atoms with van der Waals surface area (Å²) in [5, 5.41) is 35.7. The minimum atomic E-state index is -2.74. The van der Waals surface area contributed by atoms with Crippen molar-refractivity contribution in [1.82, 2.24) is 10.4 Å². The molecule has 0 spiro atoms. The highest BCUT2D eigenvalue weighted by atomic mass is 16.4. The number of rotatable bonds is 6. The lowest BCUT2D eigenvalue weighted by Gasteiger charge is -2.18. The van der Waals surface area contributed by atoms with Crippen LogP contribution in [0.3, 0.4) is 0 Å². The Morgan fingerprint density at radius 1 is 1.06 bits per heavy atom. The molecular formula is C9H18N2O7. The molecule has 0 aromatic heterocycles. The summed E-state index contributed by atoms with van der Waals surface area (Å²) < 4.78 is 0. The highest BCUT2D eigenvalue weighted by Gasteiger charge is 2.40. The molecule has 0 atom stereocenters. The molecule has 0 aliphatic rings. The average Bonchev–Trinajstić information content (AvgIpc) is 2.15. The molecule has 0 amide bonds. The Balaban J connectivity index is 0. The van der Waals surface area contributed by atoms with Gasteiger partial charge in [0.2, 0.25) is 0 Å². The van der Waals surface area contributed by atoms with Crippen molar-refractivity contribution in [3.63, 3.8) is 0 Å². The largest absolute Gasteiger partial charge is 0.481 e. The van der Waals surface area contributed by atoms with E-state index in [1.54, 1.807) is 0 Å². The van der Waals surface area contributed by atoms with Gasteiger partial charge >= 0.3 is 17.9 Å². The Bertz CT molecular complexity index is 287. The minimum Gasteiger partial charge on any atom is -0.481 e. The normalized spacial score (nSPS) is 10.5. The molecule has 0 aliphatic carbocycles. The van der Waals surface area contributed by atoms with Gasteiger partial charge in [0.1, 0.15) is 0 Å². The molecule has 0 heterocycles. The number of nitrogens with one attached hydrogen (secondary N) is 1. The third-order valence-electron chi connectivity index (χ3n) is 1.73. The number of carbonyl (C=O) groups is 3. The summed E-state index contributed by atoms with van der Waals surface area (Å²) in [7, 11) is 5.76. The Morgan fingerprint density at radius 3 is 1.44 bits per heavy atom. The number of carboxylic acid groups (broad SMARTS) is 3. The second-order valence-electron chi connectivity index (χ2n) is 3.60. The molecule has 0 unspecified atom stereocenters. The zero-order chi connectivity index (χ0) is 14.9. The van der Waals surface area contributed by atoms with Crippen LogP contribution in [0.25, 0.3) is 0 Å². The zero-order valence-electron chi connectivity index (χ0n) is 10.4. The molecule has 0 saturated carbocycles. The maximum absolute atomic E-state index is 10.3. The van der Waals surface area contributed by atoms with Crippen LogP contribution in [-0.2, 0) is 14.4 Å². The predicted octanol–water partition coefficient (Wildman–Crippen LogP) is -1.57. The minimum absolute atomic E-state index is 1.14. The highest BCUT2D eigenvalue weighted by molar-refractivity contribution is 5.88. The number of nitrogens with zero attached hydrogens (tertiary/aromatic N) is 1. The van der Waals surface area contributed by atoms with Crippen LogP contribution < -0.4 is 5.43 Å². The standard InChI is InChI=1S/C6H8O7.C3H10N2/c7-3(8)1-6(13,5(11)12)2-4(9)10;1-4-5(2)3/h13H,1-2H2,(H,7,8)(H,9,10)(H,11,12);4H,1-3H3. The van der Waals surface area contributed by atoms with Gasteiger partial charge in [-0.05, 0) is 7.05 Å².